The summed E-state index contributed by atoms with van der Waals surface area (Å²) in [6.45, 7) is 1.61. The standard InChI is InChI=1S/C13H15ClN2O2/c1-8(14)12(17)15-10-4-6-11(7-5-10)16-13(18)9-2-3-9/h4-9H,2-3H2,1H3,(H,15,17)(H,16,18). The average Bonchev–Trinajstić information content (AvgIpc) is 3.15. The number of hydrogen-bond donors (Lipinski definition) is 2. The molecule has 1 aliphatic rings. The first-order valence-corrected chi connectivity index (χ1v) is 6.36. The normalized spacial score (nSPS) is 15.9. The van der Waals surface area contributed by atoms with Crippen LogP contribution in [0.15, 0.2) is 24.3 Å². The molecular weight excluding hydrogens is 252 g/mol. The number of nitrogens with one attached hydrogen (secondary N) is 2. The Hall–Kier alpha value is -1.55. The summed E-state index contributed by atoms with van der Waals surface area (Å²) in [5.41, 5.74) is 1.40. The highest BCUT2D eigenvalue weighted by atomic mass is 35.5. The number of amides is 2. The first-order chi connectivity index (χ1) is 8.56. The van der Waals surface area contributed by atoms with Gasteiger partial charge in [0.25, 0.3) is 0 Å². The van der Waals surface area contributed by atoms with Crippen LogP contribution in [0.1, 0.15) is 19.8 Å². The zero-order valence-electron chi connectivity index (χ0n) is 10.1. The molecule has 18 heavy (non-hydrogen) atoms. The summed E-state index contributed by atoms with van der Waals surface area (Å²) in [6.07, 6.45) is 1.96. The number of benzene rings is 1. The van der Waals surface area contributed by atoms with Gasteiger partial charge < -0.3 is 10.6 Å². The third-order valence-electron chi connectivity index (χ3n) is 2.73. The molecule has 0 aliphatic heterocycles. The van der Waals surface area contributed by atoms with E-state index in [2.05, 4.69) is 10.6 Å². The van der Waals surface area contributed by atoms with Crippen LogP contribution >= 0.6 is 11.6 Å². The van der Waals surface area contributed by atoms with E-state index in [1.165, 1.54) is 0 Å². The van der Waals surface area contributed by atoms with Crippen LogP contribution in [-0.4, -0.2) is 17.2 Å². The molecule has 0 saturated heterocycles. The summed E-state index contributed by atoms with van der Waals surface area (Å²) in [5.74, 6) is 0.00840. The number of halogens is 1. The Morgan fingerprint density at radius 2 is 1.67 bits per heavy atom. The Labute approximate surface area is 111 Å². The van der Waals surface area contributed by atoms with Crippen LogP contribution in [0.2, 0.25) is 0 Å². The van der Waals surface area contributed by atoms with Gasteiger partial charge in [-0.15, -0.1) is 11.6 Å². The lowest BCUT2D eigenvalue weighted by Gasteiger charge is -2.08. The van der Waals surface area contributed by atoms with Crippen LogP contribution in [0.3, 0.4) is 0 Å². The summed E-state index contributed by atoms with van der Waals surface area (Å²) in [6, 6.07) is 6.99. The molecular formula is C13H15ClN2O2. The van der Waals surface area contributed by atoms with E-state index in [9.17, 15) is 9.59 Å². The van der Waals surface area contributed by atoms with Gasteiger partial charge in [-0.3, -0.25) is 9.59 Å². The zero-order valence-corrected chi connectivity index (χ0v) is 10.8. The highest BCUT2D eigenvalue weighted by Gasteiger charge is 2.29. The monoisotopic (exact) mass is 266 g/mol. The number of carbonyl (C=O) groups excluding carboxylic acids is 2. The smallest absolute Gasteiger partial charge is 0.242 e. The van der Waals surface area contributed by atoms with E-state index in [1.54, 1.807) is 31.2 Å². The van der Waals surface area contributed by atoms with E-state index < -0.39 is 5.38 Å². The minimum atomic E-state index is -0.570. The van der Waals surface area contributed by atoms with Crippen molar-refractivity contribution in [3.63, 3.8) is 0 Å². The summed E-state index contributed by atoms with van der Waals surface area (Å²) in [4.78, 5) is 22.9. The van der Waals surface area contributed by atoms with E-state index in [0.717, 1.165) is 18.5 Å². The van der Waals surface area contributed by atoms with E-state index in [1.807, 2.05) is 0 Å². The van der Waals surface area contributed by atoms with Crippen LogP contribution in [0.4, 0.5) is 11.4 Å². The van der Waals surface area contributed by atoms with Crippen LogP contribution < -0.4 is 10.6 Å². The first-order valence-electron chi connectivity index (χ1n) is 5.92. The third kappa shape index (κ3) is 3.47. The Balaban J connectivity index is 1.92. The highest BCUT2D eigenvalue weighted by molar-refractivity contribution is 6.32. The van der Waals surface area contributed by atoms with Crippen LogP contribution in [0.25, 0.3) is 0 Å². The predicted octanol–water partition coefficient (Wildman–Crippen LogP) is 2.60. The van der Waals surface area contributed by atoms with Gasteiger partial charge in [0.15, 0.2) is 0 Å². The van der Waals surface area contributed by atoms with Gasteiger partial charge >= 0.3 is 0 Å². The SMILES string of the molecule is CC(Cl)C(=O)Nc1ccc(NC(=O)C2CC2)cc1. The van der Waals surface area contributed by atoms with Gasteiger partial charge in [-0.2, -0.15) is 0 Å². The molecule has 96 valence electrons. The molecule has 0 aromatic heterocycles. The van der Waals surface area contributed by atoms with Crippen molar-refractivity contribution in [1.82, 2.24) is 0 Å². The molecule has 1 fully saturated rings. The van der Waals surface area contributed by atoms with Crippen molar-refractivity contribution in [2.24, 2.45) is 5.92 Å². The minimum Gasteiger partial charge on any atom is -0.326 e. The van der Waals surface area contributed by atoms with Crippen LogP contribution in [-0.2, 0) is 9.59 Å². The van der Waals surface area contributed by atoms with E-state index in [-0.39, 0.29) is 17.7 Å². The Morgan fingerprint density at radius 1 is 1.17 bits per heavy atom. The minimum absolute atomic E-state index is 0.0705. The molecule has 0 radical (unpaired) electrons. The molecule has 1 aliphatic carbocycles. The Kier molecular flexibility index (Phi) is 3.87. The maximum absolute atomic E-state index is 11.5. The van der Waals surface area contributed by atoms with E-state index in [0.29, 0.717) is 5.69 Å². The Morgan fingerprint density at radius 3 is 2.11 bits per heavy atom. The van der Waals surface area contributed by atoms with Crippen LogP contribution in [0, 0.1) is 5.92 Å². The first kappa shape index (κ1) is 12.9. The molecule has 4 nitrogen and oxygen atoms in total. The molecule has 1 saturated carbocycles. The van der Waals surface area contributed by atoms with Crippen LogP contribution in [0.5, 0.6) is 0 Å². The van der Waals surface area contributed by atoms with Gasteiger partial charge in [0.2, 0.25) is 11.8 Å². The van der Waals surface area contributed by atoms with E-state index in [4.69, 9.17) is 11.6 Å². The van der Waals surface area contributed by atoms with Crippen molar-refractivity contribution >= 4 is 34.8 Å². The molecule has 0 bridgehead atoms. The number of hydrogen-bond acceptors (Lipinski definition) is 2. The molecule has 1 aromatic carbocycles. The van der Waals surface area contributed by atoms with Crippen molar-refractivity contribution in [2.45, 2.75) is 25.1 Å². The summed E-state index contributed by atoms with van der Waals surface area (Å²) in [7, 11) is 0. The fourth-order valence-corrected chi connectivity index (χ4v) is 1.52. The maximum atomic E-state index is 11.5. The van der Waals surface area contributed by atoms with Gasteiger partial charge in [-0.1, -0.05) is 0 Å². The molecule has 2 N–H and O–H groups in total. The number of anilines is 2. The number of rotatable bonds is 4. The van der Waals surface area contributed by atoms with Gasteiger partial charge in [0, 0.05) is 17.3 Å². The summed E-state index contributed by atoms with van der Waals surface area (Å²) in [5, 5.41) is 4.93. The largest absolute Gasteiger partial charge is 0.326 e. The lowest BCUT2D eigenvalue weighted by atomic mass is 10.2. The quantitative estimate of drug-likeness (QED) is 0.823. The fraction of sp³-hybridized carbons (Fsp3) is 0.385. The predicted molar refractivity (Wildman–Crippen MR) is 71.7 cm³/mol. The zero-order chi connectivity index (χ0) is 13.1. The number of alkyl halides is 1. The Bertz CT molecular complexity index is 418. The van der Waals surface area contributed by atoms with Gasteiger partial charge in [0.1, 0.15) is 5.38 Å². The maximum Gasteiger partial charge on any atom is 0.242 e. The van der Waals surface area contributed by atoms with Crippen molar-refractivity contribution in [3.05, 3.63) is 24.3 Å². The van der Waals surface area contributed by atoms with Crippen molar-refractivity contribution in [2.75, 3.05) is 10.6 Å². The second-order valence-corrected chi connectivity index (χ2v) is 5.10. The highest BCUT2D eigenvalue weighted by Crippen LogP contribution is 2.30. The molecule has 0 heterocycles. The molecule has 1 atom stereocenters. The van der Waals surface area contributed by atoms with Gasteiger partial charge in [0.05, 0.1) is 0 Å². The van der Waals surface area contributed by atoms with E-state index >= 15 is 0 Å². The second kappa shape index (κ2) is 5.40. The topological polar surface area (TPSA) is 58.2 Å². The molecule has 2 rings (SSSR count). The molecule has 1 unspecified atom stereocenters. The second-order valence-electron chi connectivity index (χ2n) is 4.45. The molecule has 2 amide bonds. The summed E-state index contributed by atoms with van der Waals surface area (Å²) >= 11 is 5.65. The van der Waals surface area contributed by atoms with Gasteiger partial charge in [-0.25, -0.2) is 0 Å². The van der Waals surface area contributed by atoms with Crippen molar-refractivity contribution < 1.29 is 9.59 Å². The summed E-state index contributed by atoms with van der Waals surface area (Å²) < 4.78 is 0. The average molecular weight is 267 g/mol. The van der Waals surface area contributed by atoms with Crippen molar-refractivity contribution in [3.8, 4) is 0 Å². The number of carbonyl (C=O) groups is 2. The fourth-order valence-electron chi connectivity index (χ4n) is 1.47. The third-order valence-corrected chi connectivity index (χ3v) is 2.93. The molecule has 1 aromatic rings. The van der Waals surface area contributed by atoms with Crippen molar-refractivity contribution in [1.29, 1.82) is 0 Å². The lowest BCUT2D eigenvalue weighted by Crippen LogP contribution is -2.20. The molecule has 5 heteroatoms. The molecule has 0 spiro atoms. The van der Waals surface area contributed by atoms with Gasteiger partial charge in [-0.05, 0) is 44.0 Å². The lowest BCUT2D eigenvalue weighted by molar-refractivity contribution is -0.117.